The number of hydrogen-bond donors (Lipinski definition) is 2. The Morgan fingerprint density at radius 2 is 2.10 bits per heavy atom. The zero-order chi connectivity index (χ0) is 14.7. The number of carbonyl (C=O) groups excluding carboxylic acids is 1. The number of carbonyl (C=O) groups is 1. The average Bonchev–Trinajstić information content (AvgIpc) is 2.40. The second kappa shape index (κ2) is 6.21. The van der Waals surface area contributed by atoms with Gasteiger partial charge in [0.1, 0.15) is 5.82 Å². The number of nitrogen functional groups attached to an aromatic ring is 1. The van der Waals surface area contributed by atoms with Gasteiger partial charge in [0.2, 0.25) is 0 Å². The van der Waals surface area contributed by atoms with Crippen molar-refractivity contribution in [2.45, 2.75) is 13.5 Å². The van der Waals surface area contributed by atoms with Gasteiger partial charge < -0.3 is 11.1 Å². The normalized spacial score (nSPS) is 10.3. The molecule has 2 aromatic carbocycles. The van der Waals surface area contributed by atoms with E-state index in [1.54, 1.807) is 0 Å². The third-order valence-corrected chi connectivity index (χ3v) is 4.00. The number of amides is 1. The van der Waals surface area contributed by atoms with Gasteiger partial charge in [-0.3, -0.25) is 4.79 Å². The molecule has 2 rings (SSSR count). The largest absolute Gasteiger partial charge is 0.399 e. The van der Waals surface area contributed by atoms with Gasteiger partial charge in [-0.05, 0) is 64.9 Å². The second-order valence-corrected chi connectivity index (χ2v) is 5.60. The summed E-state index contributed by atoms with van der Waals surface area (Å²) in [7, 11) is 0. The van der Waals surface area contributed by atoms with Crippen molar-refractivity contribution in [3.8, 4) is 0 Å². The van der Waals surface area contributed by atoms with Crippen molar-refractivity contribution in [3.05, 3.63) is 62.5 Å². The predicted molar refractivity (Wildman–Crippen MR) is 85.9 cm³/mol. The number of rotatable bonds is 3. The van der Waals surface area contributed by atoms with E-state index in [4.69, 9.17) is 5.73 Å². The Morgan fingerprint density at radius 3 is 2.80 bits per heavy atom. The predicted octanol–water partition coefficient (Wildman–Crippen LogP) is 3.25. The van der Waals surface area contributed by atoms with Crippen molar-refractivity contribution in [3.63, 3.8) is 0 Å². The molecule has 0 unspecified atom stereocenters. The molecule has 0 aliphatic rings. The molecule has 3 N–H and O–H groups in total. The van der Waals surface area contributed by atoms with E-state index in [-0.39, 0.29) is 11.7 Å². The molecule has 0 saturated heterocycles. The van der Waals surface area contributed by atoms with Crippen LogP contribution in [0.15, 0.2) is 36.4 Å². The molecular formula is C15H14FIN2O. The summed E-state index contributed by atoms with van der Waals surface area (Å²) in [6.45, 7) is 2.31. The molecular weight excluding hydrogens is 370 g/mol. The highest BCUT2D eigenvalue weighted by atomic mass is 127. The van der Waals surface area contributed by atoms with Crippen LogP contribution in [0.1, 0.15) is 21.5 Å². The van der Waals surface area contributed by atoms with Crippen molar-refractivity contribution >= 4 is 34.2 Å². The molecule has 0 saturated carbocycles. The zero-order valence-corrected chi connectivity index (χ0v) is 13.1. The molecule has 0 aliphatic heterocycles. The first-order valence-electron chi connectivity index (χ1n) is 6.06. The van der Waals surface area contributed by atoms with Crippen LogP contribution in [0.25, 0.3) is 0 Å². The highest BCUT2D eigenvalue weighted by Crippen LogP contribution is 2.16. The maximum atomic E-state index is 13.0. The first-order valence-corrected chi connectivity index (χ1v) is 7.14. The lowest BCUT2D eigenvalue weighted by Crippen LogP contribution is -2.24. The first-order chi connectivity index (χ1) is 9.49. The molecule has 0 spiro atoms. The maximum absolute atomic E-state index is 13.0. The molecule has 104 valence electrons. The minimum Gasteiger partial charge on any atom is -0.399 e. The summed E-state index contributed by atoms with van der Waals surface area (Å²) in [4.78, 5) is 12.1. The summed E-state index contributed by atoms with van der Waals surface area (Å²) in [5.74, 6) is -0.575. The second-order valence-electron chi connectivity index (χ2n) is 4.44. The van der Waals surface area contributed by atoms with E-state index >= 15 is 0 Å². The Morgan fingerprint density at radius 1 is 1.35 bits per heavy atom. The van der Waals surface area contributed by atoms with E-state index in [9.17, 15) is 9.18 Å². The molecule has 2 aromatic rings. The Hall–Kier alpha value is -1.63. The number of anilines is 1. The van der Waals surface area contributed by atoms with Gasteiger partial charge >= 0.3 is 0 Å². The van der Waals surface area contributed by atoms with E-state index in [1.165, 1.54) is 18.2 Å². The molecule has 0 bridgehead atoms. The molecule has 0 atom stereocenters. The van der Waals surface area contributed by atoms with Crippen LogP contribution >= 0.6 is 22.6 Å². The minimum atomic E-state index is -0.349. The summed E-state index contributed by atoms with van der Waals surface area (Å²) in [5.41, 5.74) is 8.92. The van der Waals surface area contributed by atoms with Crippen molar-refractivity contribution < 1.29 is 9.18 Å². The van der Waals surface area contributed by atoms with E-state index in [2.05, 4.69) is 5.32 Å². The number of benzene rings is 2. The van der Waals surface area contributed by atoms with Gasteiger partial charge in [-0.1, -0.05) is 12.1 Å². The highest BCUT2D eigenvalue weighted by Gasteiger charge is 2.11. The van der Waals surface area contributed by atoms with Crippen LogP contribution in [0.3, 0.4) is 0 Å². The van der Waals surface area contributed by atoms with Gasteiger partial charge in [0.25, 0.3) is 5.91 Å². The van der Waals surface area contributed by atoms with Gasteiger partial charge in [-0.25, -0.2) is 4.39 Å². The van der Waals surface area contributed by atoms with Gasteiger partial charge in [0, 0.05) is 15.8 Å². The van der Waals surface area contributed by atoms with Crippen LogP contribution in [0, 0.1) is 16.3 Å². The Balaban J connectivity index is 2.11. The van der Waals surface area contributed by atoms with Crippen molar-refractivity contribution in [2.24, 2.45) is 0 Å². The molecule has 1 amide bonds. The molecule has 0 radical (unpaired) electrons. The number of nitrogens with two attached hydrogens (primary N) is 1. The summed E-state index contributed by atoms with van der Waals surface area (Å²) >= 11 is 1.95. The van der Waals surface area contributed by atoms with E-state index < -0.39 is 0 Å². The fraction of sp³-hybridized carbons (Fsp3) is 0.133. The molecule has 5 heteroatoms. The third kappa shape index (κ3) is 3.27. The van der Waals surface area contributed by atoms with Crippen LogP contribution in [-0.2, 0) is 6.54 Å². The lowest BCUT2D eigenvalue weighted by atomic mass is 10.1. The van der Waals surface area contributed by atoms with Gasteiger partial charge in [0.05, 0.1) is 5.56 Å². The lowest BCUT2D eigenvalue weighted by molar-refractivity contribution is 0.0950. The molecule has 0 aromatic heterocycles. The highest BCUT2D eigenvalue weighted by molar-refractivity contribution is 14.1. The summed E-state index contributed by atoms with van der Waals surface area (Å²) in [6.07, 6.45) is 0. The minimum absolute atomic E-state index is 0.226. The monoisotopic (exact) mass is 384 g/mol. The quantitative estimate of drug-likeness (QED) is 0.631. The fourth-order valence-electron chi connectivity index (χ4n) is 1.84. The van der Waals surface area contributed by atoms with Gasteiger partial charge in [0.15, 0.2) is 0 Å². The fourth-order valence-corrected chi connectivity index (χ4v) is 2.56. The molecule has 0 fully saturated rings. The van der Waals surface area contributed by atoms with E-state index in [1.807, 2.05) is 47.7 Å². The number of halogens is 2. The van der Waals surface area contributed by atoms with Crippen LogP contribution in [0.5, 0.6) is 0 Å². The van der Waals surface area contributed by atoms with Crippen LogP contribution in [0.4, 0.5) is 10.1 Å². The van der Waals surface area contributed by atoms with Crippen LogP contribution in [-0.4, -0.2) is 5.91 Å². The van der Waals surface area contributed by atoms with E-state index in [0.717, 1.165) is 11.1 Å². The zero-order valence-electron chi connectivity index (χ0n) is 10.9. The first kappa shape index (κ1) is 14.8. The Kier molecular flexibility index (Phi) is 4.59. The maximum Gasteiger partial charge on any atom is 0.252 e. The van der Waals surface area contributed by atoms with Crippen LogP contribution < -0.4 is 11.1 Å². The molecule has 20 heavy (non-hydrogen) atoms. The van der Waals surface area contributed by atoms with Crippen LogP contribution in [0.2, 0.25) is 0 Å². The van der Waals surface area contributed by atoms with Gasteiger partial charge in [-0.2, -0.15) is 0 Å². The van der Waals surface area contributed by atoms with Crippen molar-refractivity contribution in [2.75, 3.05) is 5.73 Å². The smallest absolute Gasteiger partial charge is 0.252 e. The summed E-state index contributed by atoms with van der Waals surface area (Å²) in [5, 5.41) is 2.82. The van der Waals surface area contributed by atoms with E-state index in [0.29, 0.717) is 21.4 Å². The number of nitrogens with one attached hydrogen (secondary N) is 1. The lowest BCUT2D eigenvalue weighted by Gasteiger charge is -2.10. The number of hydrogen-bond acceptors (Lipinski definition) is 2. The standard InChI is InChI=1S/C15H14FIN2O/c1-9-10(3-2-4-14(9)18)8-19-15(20)12-6-5-11(16)7-13(12)17/h2-7H,8,18H2,1H3,(H,19,20). The topological polar surface area (TPSA) is 55.1 Å². The van der Waals surface area contributed by atoms with Crippen molar-refractivity contribution in [1.82, 2.24) is 5.32 Å². The molecule has 0 aliphatic carbocycles. The summed E-state index contributed by atoms with van der Waals surface area (Å²) in [6, 6.07) is 9.69. The molecule has 3 nitrogen and oxygen atoms in total. The average molecular weight is 384 g/mol. The Bertz CT molecular complexity index is 658. The Labute approximate surface area is 130 Å². The van der Waals surface area contributed by atoms with Gasteiger partial charge in [-0.15, -0.1) is 0 Å². The molecule has 0 heterocycles. The SMILES string of the molecule is Cc1c(N)cccc1CNC(=O)c1ccc(F)cc1I. The summed E-state index contributed by atoms with van der Waals surface area (Å²) < 4.78 is 13.6. The van der Waals surface area contributed by atoms with Crippen molar-refractivity contribution in [1.29, 1.82) is 0 Å². The third-order valence-electron chi connectivity index (χ3n) is 3.10.